The minimum atomic E-state index is -0.0362. The minimum absolute atomic E-state index is 0.0362. The molecule has 0 heterocycles. The average molecular weight is 257 g/mol. The predicted molar refractivity (Wildman–Crippen MR) is 74.6 cm³/mol. The Hall–Kier alpha value is -1.86. The summed E-state index contributed by atoms with van der Waals surface area (Å²) in [6, 6.07) is 9.02. The van der Waals surface area contributed by atoms with E-state index in [1.54, 1.807) is 24.3 Å². The molecule has 0 aliphatic heterocycles. The third-order valence-corrected chi connectivity index (χ3v) is 3.51. The van der Waals surface area contributed by atoms with E-state index in [2.05, 4.69) is 23.2 Å². The molecule has 1 N–H and O–H groups in total. The van der Waals surface area contributed by atoms with Crippen LogP contribution in [-0.2, 0) is 4.79 Å². The molecule has 19 heavy (non-hydrogen) atoms. The molecule has 1 aliphatic carbocycles. The molecule has 2 rings (SSSR count). The molecule has 1 fully saturated rings. The number of amides is 1. The Bertz CT molecular complexity index is 506. The van der Waals surface area contributed by atoms with Crippen molar-refractivity contribution in [2.24, 2.45) is 11.8 Å². The van der Waals surface area contributed by atoms with Gasteiger partial charge in [0, 0.05) is 12.2 Å². The quantitative estimate of drug-likeness (QED) is 0.878. The van der Waals surface area contributed by atoms with E-state index in [0.29, 0.717) is 17.8 Å². The Balaban J connectivity index is 1.81. The Kier molecular flexibility index (Phi) is 4.18. The van der Waals surface area contributed by atoms with Gasteiger partial charge in [-0.05, 0) is 43.5 Å². The average Bonchev–Trinajstić information content (AvgIpc) is 3.04. The van der Waals surface area contributed by atoms with Crippen molar-refractivity contribution in [2.45, 2.75) is 13.3 Å². The summed E-state index contributed by atoms with van der Waals surface area (Å²) in [4.78, 5) is 13.9. The van der Waals surface area contributed by atoms with E-state index in [1.807, 2.05) is 7.05 Å². The molecule has 1 saturated carbocycles. The van der Waals surface area contributed by atoms with Gasteiger partial charge in [0.1, 0.15) is 0 Å². The molecule has 0 saturated heterocycles. The van der Waals surface area contributed by atoms with Crippen molar-refractivity contribution in [3.05, 3.63) is 29.8 Å². The summed E-state index contributed by atoms with van der Waals surface area (Å²) in [6.45, 7) is 3.61. The van der Waals surface area contributed by atoms with Crippen LogP contribution >= 0.6 is 0 Å². The fourth-order valence-electron chi connectivity index (χ4n) is 2.23. The van der Waals surface area contributed by atoms with Crippen molar-refractivity contribution in [1.82, 2.24) is 4.90 Å². The van der Waals surface area contributed by atoms with Crippen molar-refractivity contribution in [3.8, 4) is 6.07 Å². The molecular formula is C15H19N3O. The molecular weight excluding hydrogens is 238 g/mol. The molecule has 4 heteroatoms. The van der Waals surface area contributed by atoms with Crippen molar-refractivity contribution in [2.75, 3.05) is 25.5 Å². The van der Waals surface area contributed by atoms with Crippen molar-refractivity contribution >= 4 is 11.6 Å². The van der Waals surface area contributed by atoms with Crippen LogP contribution in [0.3, 0.4) is 0 Å². The highest BCUT2D eigenvalue weighted by atomic mass is 16.2. The summed E-state index contributed by atoms with van der Waals surface area (Å²) in [5.74, 6) is 1.52. The first-order valence-electron chi connectivity index (χ1n) is 6.57. The number of likely N-dealkylation sites (N-methyl/N-ethyl adjacent to an activating group) is 1. The van der Waals surface area contributed by atoms with Gasteiger partial charge < -0.3 is 5.32 Å². The van der Waals surface area contributed by atoms with Crippen LogP contribution in [0.2, 0.25) is 0 Å². The molecule has 0 bridgehead atoms. The van der Waals surface area contributed by atoms with Gasteiger partial charge in [0.25, 0.3) is 0 Å². The SMILES string of the molecule is CC1CC1CN(C)CC(=O)Nc1cccc(C#N)c1. The van der Waals surface area contributed by atoms with Gasteiger partial charge in [-0.25, -0.2) is 0 Å². The summed E-state index contributed by atoms with van der Waals surface area (Å²) in [5, 5.41) is 11.6. The number of hydrogen-bond donors (Lipinski definition) is 1. The summed E-state index contributed by atoms with van der Waals surface area (Å²) < 4.78 is 0. The lowest BCUT2D eigenvalue weighted by atomic mass is 10.2. The van der Waals surface area contributed by atoms with Crippen LogP contribution in [0.5, 0.6) is 0 Å². The predicted octanol–water partition coefficient (Wildman–Crippen LogP) is 2.08. The highest BCUT2D eigenvalue weighted by Gasteiger charge is 2.33. The number of nitrogens with zero attached hydrogens (tertiary/aromatic N) is 2. The number of nitriles is 1. The zero-order valence-electron chi connectivity index (χ0n) is 11.4. The molecule has 1 amide bonds. The second-order valence-electron chi connectivity index (χ2n) is 5.41. The molecule has 0 spiro atoms. The van der Waals surface area contributed by atoms with E-state index in [0.717, 1.165) is 18.4 Å². The van der Waals surface area contributed by atoms with Crippen LogP contribution in [0.4, 0.5) is 5.69 Å². The van der Waals surface area contributed by atoms with Crippen LogP contribution in [0, 0.1) is 23.2 Å². The number of carbonyl (C=O) groups is 1. The highest BCUT2D eigenvalue weighted by molar-refractivity contribution is 5.92. The second-order valence-corrected chi connectivity index (χ2v) is 5.41. The minimum Gasteiger partial charge on any atom is -0.325 e. The fourth-order valence-corrected chi connectivity index (χ4v) is 2.23. The first-order chi connectivity index (χ1) is 9.08. The largest absolute Gasteiger partial charge is 0.325 e. The van der Waals surface area contributed by atoms with Crippen LogP contribution < -0.4 is 5.32 Å². The van der Waals surface area contributed by atoms with Crippen molar-refractivity contribution in [3.63, 3.8) is 0 Å². The van der Waals surface area contributed by atoms with Crippen LogP contribution in [0.25, 0.3) is 0 Å². The lowest BCUT2D eigenvalue weighted by Crippen LogP contribution is -2.31. The molecule has 1 aromatic carbocycles. The van der Waals surface area contributed by atoms with Gasteiger partial charge in [-0.3, -0.25) is 9.69 Å². The van der Waals surface area contributed by atoms with Gasteiger partial charge in [0.05, 0.1) is 18.2 Å². The van der Waals surface area contributed by atoms with Crippen LogP contribution in [-0.4, -0.2) is 30.9 Å². The summed E-state index contributed by atoms with van der Waals surface area (Å²) >= 11 is 0. The van der Waals surface area contributed by atoms with E-state index in [1.165, 1.54) is 6.42 Å². The molecule has 0 aromatic heterocycles. The highest BCUT2D eigenvalue weighted by Crippen LogP contribution is 2.37. The number of anilines is 1. The topological polar surface area (TPSA) is 56.1 Å². The van der Waals surface area contributed by atoms with E-state index >= 15 is 0 Å². The van der Waals surface area contributed by atoms with Gasteiger partial charge >= 0.3 is 0 Å². The van der Waals surface area contributed by atoms with E-state index < -0.39 is 0 Å². The summed E-state index contributed by atoms with van der Waals surface area (Å²) in [6.07, 6.45) is 1.27. The molecule has 2 atom stereocenters. The maximum Gasteiger partial charge on any atom is 0.238 e. The maximum atomic E-state index is 11.9. The summed E-state index contributed by atoms with van der Waals surface area (Å²) in [7, 11) is 1.97. The number of hydrogen-bond acceptors (Lipinski definition) is 3. The number of benzene rings is 1. The van der Waals surface area contributed by atoms with Gasteiger partial charge in [-0.2, -0.15) is 5.26 Å². The molecule has 0 radical (unpaired) electrons. The Morgan fingerprint density at radius 3 is 2.95 bits per heavy atom. The van der Waals surface area contributed by atoms with E-state index in [-0.39, 0.29) is 5.91 Å². The molecule has 4 nitrogen and oxygen atoms in total. The maximum absolute atomic E-state index is 11.9. The third kappa shape index (κ3) is 4.08. The Labute approximate surface area is 114 Å². The first kappa shape index (κ1) is 13.6. The van der Waals surface area contributed by atoms with Crippen molar-refractivity contribution < 1.29 is 4.79 Å². The lowest BCUT2D eigenvalue weighted by molar-refractivity contribution is -0.117. The third-order valence-electron chi connectivity index (χ3n) is 3.51. The normalized spacial score (nSPS) is 20.9. The van der Waals surface area contributed by atoms with Gasteiger partial charge in [-0.1, -0.05) is 13.0 Å². The monoisotopic (exact) mass is 257 g/mol. The zero-order chi connectivity index (χ0) is 13.8. The molecule has 100 valence electrons. The molecule has 1 aliphatic rings. The molecule has 2 unspecified atom stereocenters. The van der Waals surface area contributed by atoms with Gasteiger partial charge in [0.15, 0.2) is 0 Å². The van der Waals surface area contributed by atoms with E-state index in [4.69, 9.17) is 5.26 Å². The number of nitrogens with one attached hydrogen (secondary N) is 1. The Morgan fingerprint density at radius 2 is 2.32 bits per heavy atom. The number of rotatable bonds is 5. The van der Waals surface area contributed by atoms with Crippen LogP contribution in [0.1, 0.15) is 18.9 Å². The number of carbonyl (C=O) groups excluding carboxylic acids is 1. The van der Waals surface area contributed by atoms with E-state index in [9.17, 15) is 4.79 Å². The van der Waals surface area contributed by atoms with Gasteiger partial charge in [-0.15, -0.1) is 0 Å². The standard InChI is InChI=1S/C15H19N3O/c1-11-6-13(11)9-18(2)10-15(19)17-14-5-3-4-12(7-14)8-16/h3-5,7,11,13H,6,9-10H2,1-2H3,(H,17,19). The second kappa shape index (κ2) is 5.85. The smallest absolute Gasteiger partial charge is 0.238 e. The lowest BCUT2D eigenvalue weighted by Gasteiger charge is -2.16. The zero-order valence-corrected chi connectivity index (χ0v) is 11.4. The molecule has 1 aromatic rings. The van der Waals surface area contributed by atoms with Gasteiger partial charge in [0.2, 0.25) is 5.91 Å². The first-order valence-corrected chi connectivity index (χ1v) is 6.57. The van der Waals surface area contributed by atoms with Crippen LogP contribution in [0.15, 0.2) is 24.3 Å². The summed E-state index contributed by atoms with van der Waals surface area (Å²) in [5.41, 5.74) is 1.23. The fraction of sp³-hybridized carbons (Fsp3) is 0.467. The van der Waals surface area contributed by atoms with Crippen molar-refractivity contribution in [1.29, 1.82) is 5.26 Å². The Morgan fingerprint density at radius 1 is 1.58 bits per heavy atom.